The molecule has 4 atom stereocenters. The highest BCUT2D eigenvalue weighted by atomic mass is 32.2. The molecule has 9 heteroatoms. The van der Waals surface area contributed by atoms with Gasteiger partial charge in [0.2, 0.25) is 5.91 Å². The molecule has 2 aliphatic heterocycles. The molecule has 2 saturated heterocycles. The summed E-state index contributed by atoms with van der Waals surface area (Å²) < 4.78 is 13.2. The van der Waals surface area contributed by atoms with Crippen LogP contribution in [0.25, 0.3) is 0 Å². The van der Waals surface area contributed by atoms with Crippen molar-refractivity contribution in [1.29, 1.82) is 0 Å². The molecule has 9 rings (SSSR count). The number of hydrogen-bond acceptors (Lipinski definition) is 7. The van der Waals surface area contributed by atoms with Crippen molar-refractivity contribution in [3.8, 4) is 0 Å². The summed E-state index contributed by atoms with van der Waals surface area (Å²) in [6.45, 7) is 3.39. The molecule has 1 N–H and O–H groups in total. The number of piperidine rings is 1. The normalized spacial score (nSPS) is 18.0. The number of carbonyl (C=O) groups excluding carboxylic acids is 1. The Labute approximate surface area is 441 Å². The summed E-state index contributed by atoms with van der Waals surface area (Å²) in [5.41, 5.74) is 8.58. The molecule has 0 saturated carbocycles. The zero-order valence-corrected chi connectivity index (χ0v) is 43.7. The summed E-state index contributed by atoms with van der Waals surface area (Å²) in [6, 6.07) is 73.1. The lowest BCUT2D eigenvalue weighted by Crippen LogP contribution is -2.49. The van der Waals surface area contributed by atoms with Crippen molar-refractivity contribution in [1.82, 2.24) is 15.1 Å². The Balaban J connectivity index is 0.931. The van der Waals surface area contributed by atoms with E-state index in [4.69, 9.17) is 4.84 Å². The molecular weight excluding hydrogens is 940 g/mol. The first-order chi connectivity index (χ1) is 36.0. The van der Waals surface area contributed by atoms with Crippen LogP contribution < -0.4 is 5.32 Å². The van der Waals surface area contributed by atoms with Crippen LogP contribution in [0.5, 0.6) is 0 Å². The van der Waals surface area contributed by atoms with E-state index in [0.29, 0.717) is 37.0 Å². The van der Waals surface area contributed by atoms with Gasteiger partial charge in [0.1, 0.15) is 12.9 Å². The molecule has 2 unspecified atom stereocenters. The first kappa shape index (κ1) is 51.9. The number of carbonyl (C=O) groups is 1. The van der Waals surface area contributed by atoms with E-state index in [1.807, 2.05) is 41.9 Å². The molecule has 0 radical (unpaired) electrons. The number of hydrogen-bond donors (Lipinski definition) is 1. The summed E-state index contributed by atoms with van der Waals surface area (Å²) in [5, 5.41) is 7.46. The van der Waals surface area contributed by atoms with Crippen LogP contribution in [-0.4, -0.2) is 85.3 Å². The van der Waals surface area contributed by atoms with Crippen molar-refractivity contribution in [3.05, 3.63) is 251 Å². The highest BCUT2D eigenvalue weighted by Gasteiger charge is 2.47. The van der Waals surface area contributed by atoms with Gasteiger partial charge in [-0.15, -0.1) is 23.5 Å². The molecule has 376 valence electrons. The minimum Gasteiger partial charge on any atom is -0.399 e. The summed E-state index contributed by atoms with van der Waals surface area (Å²) >= 11 is 3.83. The van der Waals surface area contributed by atoms with Gasteiger partial charge in [0, 0.05) is 42.9 Å². The number of oxime groups is 1. The summed E-state index contributed by atoms with van der Waals surface area (Å²) in [7, 11) is 1.59. The Kier molecular flexibility index (Phi) is 18.3. The van der Waals surface area contributed by atoms with Crippen LogP contribution in [0.1, 0.15) is 83.4 Å². The zero-order valence-electron chi connectivity index (χ0n) is 42.1. The number of benzene rings is 7. The monoisotopic (exact) mass is 1010 g/mol. The third kappa shape index (κ3) is 12.4. The minimum atomic E-state index is -0.454. The van der Waals surface area contributed by atoms with E-state index in [9.17, 15) is 9.18 Å². The van der Waals surface area contributed by atoms with Gasteiger partial charge in [0.05, 0.1) is 16.0 Å². The van der Waals surface area contributed by atoms with Crippen molar-refractivity contribution >= 4 is 35.6 Å². The van der Waals surface area contributed by atoms with Gasteiger partial charge in [-0.05, 0) is 115 Å². The average molecular weight is 1010 g/mol. The van der Waals surface area contributed by atoms with Crippen molar-refractivity contribution in [2.75, 3.05) is 51.3 Å². The van der Waals surface area contributed by atoms with E-state index in [1.54, 1.807) is 19.2 Å². The smallest absolute Gasteiger partial charge is 0.234 e. The topological polar surface area (TPSA) is 57.2 Å². The van der Waals surface area contributed by atoms with Crippen LogP contribution in [0.3, 0.4) is 0 Å². The van der Waals surface area contributed by atoms with E-state index in [2.05, 4.69) is 202 Å². The van der Waals surface area contributed by atoms with E-state index in [-0.39, 0.29) is 11.7 Å². The van der Waals surface area contributed by atoms with Crippen LogP contribution in [0.15, 0.2) is 211 Å². The van der Waals surface area contributed by atoms with Gasteiger partial charge < -0.3 is 10.2 Å². The Hall–Kier alpha value is -5.97. The van der Waals surface area contributed by atoms with Crippen molar-refractivity contribution in [3.63, 3.8) is 0 Å². The molecular formula is C64H69FN4O2S2. The number of thioether (sulfide) groups is 2. The van der Waals surface area contributed by atoms with Crippen molar-refractivity contribution in [2.45, 2.75) is 66.0 Å². The van der Waals surface area contributed by atoms with E-state index >= 15 is 0 Å². The van der Waals surface area contributed by atoms with Gasteiger partial charge in [-0.25, -0.2) is 4.39 Å². The predicted octanol–water partition coefficient (Wildman–Crippen LogP) is 13.4. The molecule has 73 heavy (non-hydrogen) atoms. The molecule has 0 spiro atoms. The van der Waals surface area contributed by atoms with Gasteiger partial charge in [-0.3, -0.25) is 14.6 Å². The van der Waals surface area contributed by atoms with E-state index in [1.165, 1.54) is 45.4 Å². The highest BCUT2D eigenvalue weighted by Crippen LogP contribution is 2.51. The Morgan fingerprint density at radius 3 is 1.59 bits per heavy atom. The fraction of sp³-hybridized carbons (Fsp3) is 0.312. The van der Waals surface area contributed by atoms with Crippen molar-refractivity contribution in [2.24, 2.45) is 11.1 Å². The fourth-order valence-electron chi connectivity index (χ4n) is 11.9. The Morgan fingerprint density at radius 2 is 1.12 bits per heavy atom. The molecule has 0 aromatic heterocycles. The Bertz CT molecular complexity index is 2560. The van der Waals surface area contributed by atoms with E-state index in [0.717, 1.165) is 63.2 Å². The average Bonchev–Trinajstić information content (AvgIpc) is 3.74. The largest absolute Gasteiger partial charge is 0.399 e. The molecule has 2 fully saturated rings. The molecule has 2 aliphatic rings. The van der Waals surface area contributed by atoms with Crippen LogP contribution in [-0.2, 0) is 19.1 Å². The summed E-state index contributed by atoms with van der Waals surface area (Å²) in [4.78, 5) is 24.6. The molecule has 1 amide bonds. The lowest BCUT2D eigenvalue weighted by atomic mass is 9.74. The predicted molar refractivity (Wildman–Crippen MR) is 303 cm³/mol. The molecule has 2 bridgehead atoms. The maximum absolute atomic E-state index is 14.4. The first-order valence-corrected chi connectivity index (χ1v) is 28.1. The van der Waals surface area contributed by atoms with Crippen LogP contribution >= 0.6 is 23.5 Å². The summed E-state index contributed by atoms with van der Waals surface area (Å²) in [5.74, 6) is 2.20. The second kappa shape index (κ2) is 25.8. The lowest BCUT2D eigenvalue weighted by Gasteiger charge is -2.45. The van der Waals surface area contributed by atoms with Gasteiger partial charge in [0.25, 0.3) is 0 Å². The third-order valence-electron chi connectivity index (χ3n) is 15.1. The third-order valence-corrected chi connectivity index (χ3v) is 18.2. The number of rotatable bonds is 25. The van der Waals surface area contributed by atoms with Crippen LogP contribution in [0.4, 0.5) is 4.39 Å². The second-order valence-electron chi connectivity index (χ2n) is 19.4. The lowest BCUT2D eigenvalue weighted by molar-refractivity contribution is -0.122. The number of halogens is 1. The minimum absolute atomic E-state index is 0.0498. The molecule has 7 aromatic carbocycles. The number of fused-ring (bicyclic) bond motifs is 2. The maximum Gasteiger partial charge on any atom is 0.234 e. The quantitative estimate of drug-likeness (QED) is 0.0266. The van der Waals surface area contributed by atoms with Crippen molar-refractivity contribution < 1.29 is 14.0 Å². The maximum atomic E-state index is 14.4. The molecule has 7 aromatic rings. The fourth-order valence-corrected chi connectivity index (χ4v) is 14.9. The van der Waals surface area contributed by atoms with Gasteiger partial charge in [0.15, 0.2) is 0 Å². The second-order valence-corrected chi connectivity index (χ2v) is 22.0. The highest BCUT2D eigenvalue weighted by molar-refractivity contribution is 8.00. The number of nitrogens with zero attached hydrogens (tertiary/aromatic N) is 3. The van der Waals surface area contributed by atoms with Gasteiger partial charge >= 0.3 is 0 Å². The number of amides is 1. The number of nitrogens with one attached hydrogen (secondary N) is 1. The summed E-state index contributed by atoms with van der Waals surface area (Å²) in [6.07, 6.45) is 8.08. The standard InChI is InChI=1S/C64H69FN4O2S2/c1-71-67-41-20-34-59-60(50-35-37-57(65)38-36-50)48-58-39-40-61(59)69(58)44-21-43-68(45-47-73-64(54-28-14-5-15-29-54,55-30-16-6-17-31-55)56-32-18-7-19-33-56)49-62(70)66-42-46-72-63(51-22-8-2-9-23-51,52-24-10-3-11-25-52)53-26-12-4-13-27-53/h2-19,22-33,35-38,41,58-61H,20-21,34,39-40,42-49H2,1H3,(H,66,70)/t58?,59-,60-,61?/m1/s1. The Morgan fingerprint density at radius 1 is 0.658 bits per heavy atom. The molecule has 2 heterocycles. The molecule has 0 aliphatic carbocycles. The van der Waals surface area contributed by atoms with E-state index < -0.39 is 9.49 Å². The van der Waals surface area contributed by atoms with Crippen LogP contribution in [0, 0.1) is 11.7 Å². The molecule has 6 nitrogen and oxygen atoms in total. The zero-order chi connectivity index (χ0) is 50.1. The van der Waals surface area contributed by atoms with Gasteiger partial charge in [-0.2, -0.15) is 0 Å². The first-order valence-electron chi connectivity index (χ1n) is 26.2. The van der Waals surface area contributed by atoms with Gasteiger partial charge in [-0.1, -0.05) is 199 Å². The van der Waals surface area contributed by atoms with Crippen LogP contribution in [0.2, 0.25) is 0 Å². The SMILES string of the molecule is CON=CCC[C@H]1C2CCC(C[C@@H]1c1ccc(F)cc1)N2CCCN(CCSC(c1ccccc1)(c1ccccc1)c1ccccc1)CC(=O)NCCSC(c1ccccc1)(c1ccccc1)c1ccccc1.